The summed E-state index contributed by atoms with van der Waals surface area (Å²) in [6, 6.07) is 7.58. The van der Waals surface area contributed by atoms with Crippen molar-refractivity contribution in [2.75, 3.05) is 0 Å². The highest BCUT2D eigenvalue weighted by atomic mass is 16.7. The van der Waals surface area contributed by atoms with Crippen molar-refractivity contribution in [3.63, 3.8) is 0 Å². The monoisotopic (exact) mass is 433 g/mol. The van der Waals surface area contributed by atoms with E-state index in [0.717, 1.165) is 6.07 Å². The second-order valence-electron chi connectivity index (χ2n) is 7.32. The van der Waals surface area contributed by atoms with Crippen molar-refractivity contribution in [1.82, 2.24) is 0 Å². The Hall–Kier alpha value is -3.31. The summed E-state index contributed by atoms with van der Waals surface area (Å²) in [6.07, 6.45) is -6.71. The molecular formula is C21H21O10+. The summed E-state index contributed by atoms with van der Waals surface area (Å²) in [4.78, 5) is 0. The summed E-state index contributed by atoms with van der Waals surface area (Å²) in [5, 5.41) is 69.8. The van der Waals surface area contributed by atoms with Crippen molar-refractivity contribution in [1.29, 1.82) is 0 Å². The Labute approximate surface area is 175 Å². The van der Waals surface area contributed by atoms with E-state index in [1.807, 2.05) is 0 Å². The number of aliphatic hydroxyl groups excluding tert-OH is 3. The van der Waals surface area contributed by atoms with E-state index in [9.17, 15) is 35.7 Å². The van der Waals surface area contributed by atoms with Crippen LogP contribution in [0.5, 0.6) is 28.7 Å². The minimum atomic E-state index is -1.60. The van der Waals surface area contributed by atoms with Crippen LogP contribution >= 0.6 is 0 Å². The van der Waals surface area contributed by atoms with Crippen LogP contribution < -0.4 is 4.74 Å². The molecule has 2 heterocycles. The standard InChI is InChI=1S/C21H20O10/c1-8-17(26)18(27)19(28)21(29-8)31-16-7-11-13(24)5-10(22)6-15(11)30-20(16)9-2-3-12(23)14(25)4-9/h2-8,17-19,21,26-28H,1H3,(H3-,22,23,24,25)/p+1/t8-,17-,18+,19-,21-/m0/s1. The van der Waals surface area contributed by atoms with Gasteiger partial charge in [-0.3, -0.25) is 0 Å². The first kappa shape index (κ1) is 20.9. The summed E-state index contributed by atoms with van der Waals surface area (Å²) >= 11 is 0. The van der Waals surface area contributed by atoms with Gasteiger partial charge in [0, 0.05) is 18.2 Å². The summed E-state index contributed by atoms with van der Waals surface area (Å²) in [5.41, 5.74) is 0.343. The van der Waals surface area contributed by atoms with Crippen LogP contribution in [-0.4, -0.2) is 66.5 Å². The summed E-state index contributed by atoms with van der Waals surface area (Å²) in [5.74, 6) is -1.38. The van der Waals surface area contributed by atoms with Gasteiger partial charge in [0.25, 0.3) is 0 Å². The van der Waals surface area contributed by atoms with E-state index in [0.29, 0.717) is 0 Å². The molecule has 0 bridgehead atoms. The molecule has 31 heavy (non-hydrogen) atoms. The van der Waals surface area contributed by atoms with Crippen molar-refractivity contribution in [2.24, 2.45) is 0 Å². The summed E-state index contributed by atoms with van der Waals surface area (Å²) in [6.45, 7) is 1.49. The maximum absolute atomic E-state index is 10.3. The first-order chi connectivity index (χ1) is 14.7. The third-order valence-corrected chi connectivity index (χ3v) is 5.11. The highest BCUT2D eigenvalue weighted by Gasteiger charge is 2.44. The van der Waals surface area contributed by atoms with E-state index in [2.05, 4.69) is 0 Å². The normalized spacial score (nSPS) is 26.1. The fraction of sp³-hybridized carbons (Fsp3) is 0.286. The Bertz CT molecular complexity index is 1130. The van der Waals surface area contributed by atoms with Gasteiger partial charge in [-0.15, -0.1) is 0 Å². The molecule has 3 aromatic rings. The zero-order valence-corrected chi connectivity index (χ0v) is 16.2. The second kappa shape index (κ2) is 7.75. The number of aliphatic hydroxyl groups is 3. The van der Waals surface area contributed by atoms with Gasteiger partial charge < -0.3 is 45.2 Å². The molecule has 0 saturated carbocycles. The number of phenols is 4. The molecule has 164 valence electrons. The molecule has 0 radical (unpaired) electrons. The van der Waals surface area contributed by atoms with E-state index >= 15 is 0 Å². The van der Waals surface area contributed by atoms with Gasteiger partial charge in [0.15, 0.2) is 11.5 Å². The molecule has 5 atom stereocenters. The summed E-state index contributed by atoms with van der Waals surface area (Å²) in [7, 11) is 0. The predicted octanol–water partition coefficient (Wildman–Crippen LogP) is 1.41. The summed E-state index contributed by atoms with van der Waals surface area (Å²) < 4.78 is 17.0. The molecule has 1 aliphatic heterocycles. The quantitative estimate of drug-likeness (QED) is 0.237. The Morgan fingerprint density at radius 3 is 2.29 bits per heavy atom. The Morgan fingerprint density at radius 2 is 1.58 bits per heavy atom. The predicted molar refractivity (Wildman–Crippen MR) is 106 cm³/mol. The SMILES string of the molecule is C[C@@H]1O[C@@H](Oc2cc3c(O)cc(O)cc3[o+]c2-c2ccc(O)c(O)c2)[C@@H](O)[C@H](O)[C@H]1O. The number of fused-ring (bicyclic) bond motifs is 1. The smallest absolute Gasteiger partial charge is 0.402 e. The molecule has 0 aliphatic carbocycles. The van der Waals surface area contributed by atoms with E-state index in [1.54, 1.807) is 0 Å². The fourth-order valence-electron chi connectivity index (χ4n) is 3.37. The Kier molecular flexibility index (Phi) is 5.23. The molecule has 2 aromatic carbocycles. The lowest BCUT2D eigenvalue weighted by Gasteiger charge is -2.38. The minimum absolute atomic E-state index is 0.0110. The molecule has 1 fully saturated rings. The lowest BCUT2D eigenvalue weighted by Crippen LogP contribution is -2.58. The number of hydrogen-bond donors (Lipinski definition) is 7. The lowest BCUT2D eigenvalue weighted by atomic mass is 10.00. The van der Waals surface area contributed by atoms with Gasteiger partial charge in [-0.05, 0) is 19.1 Å². The van der Waals surface area contributed by atoms with Crippen molar-refractivity contribution >= 4 is 11.0 Å². The van der Waals surface area contributed by atoms with Crippen LogP contribution in [0.3, 0.4) is 0 Å². The van der Waals surface area contributed by atoms with Crippen molar-refractivity contribution in [3.8, 4) is 40.1 Å². The third kappa shape index (κ3) is 3.77. The molecule has 10 heteroatoms. The Balaban J connectivity index is 1.85. The molecule has 0 unspecified atom stereocenters. The maximum atomic E-state index is 10.3. The van der Waals surface area contributed by atoms with Gasteiger partial charge in [0.05, 0.1) is 17.7 Å². The number of benzene rings is 2. The maximum Gasteiger partial charge on any atom is 0.402 e. The highest BCUT2D eigenvalue weighted by molar-refractivity contribution is 5.88. The van der Waals surface area contributed by atoms with Gasteiger partial charge in [0.2, 0.25) is 12.0 Å². The largest absolute Gasteiger partial charge is 0.507 e. The van der Waals surface area contributed by atoms with E-state index in [-0.39, 0.29) is 45.3 Å². The van der Waals surface area contributed by atoms with Crippen LogP contribution in [0, 0.1) is 0 Å². The van der Waals surface area contributed by atoms with Crippen LogP contribution in [0.2, 0.25) is 0 Å². The highest BCUT2D eigenvalue weighted by Crippen LogP contribution is 2.42. The van der Waals surface area contributed by atoms with Crippen LogP contribution in [0.25, 0.3) is 22.3 Å². The van der Waals surface area contributed by atoms with Crippen molar-refractivity contribution < 1.29 is 49.6 Å². The molecule has 4 rings (SSSR count). The molecule has 0 spiro atoms. The van der Waals surface area contributed by atoms with Crippen molar-refractivity contribution in [3.05, 3.63) is 36.4 Å². The molecule has 1 saturated heterocycles. The van der Waals surface area contributed by atoms with E-state index in [1.165, 1.54) is 37.3 Å². The van der Waals surface area contributed by atoms with Crippen LogP contribution in [0.15, 0.2) is 40.8 Å². The minimum Gasteiger partial charge on any atom is -0.507 e. The average Bonchev–Trinajstić information content (AvgIpc) is 2.72. The molecule has 1 aliphatic rings. The third-order valence-electron chi connectivity index (χ3n) is 5.11. The number of hydrogen-bond acceptors (Lipinski definition) is 9. The second-order valence-corrected chi connectivity index (χ2v) is 7.32. The zero-order chi connectivity index (χ0) is 22.4. The zero-order valence-electron chi connectivity index (χ0n) is 16.2. The van der Waals surface area contributed by atoms with E-state index < -0.39 is 36.5 Å². The number of rotatable bonds is 3. The number of aromatic hydroxyl groups is 4. The molecule has 1 aromatic heterocycles. The van der Waals surface area contributed by atoms with Gasteiger partial charge in [0.1, 0.15) is 35.2 Å². The van der Waals surface area contributed by atoms with Crippen molar-refractivity contribution in [2.45, 2.75) is 37.6 Å². The first-order valence-electron chi connectivity index (χ1n) is 9.37. The lowest BCUT2D eigenvalue weighted by molar-refractivity contribution is -0.268. The van der Waals surface area contributed by atoms with Gasteiger partial charge in [-0.2, -0.15) is 0 Å². The van der Waals surface area contributed by atoms with Crippen LogP contribution in [0.4, 0.5) is 0 Å². The van der Waals surface area contributed by atoms with E-state index in [4.69, 9.17) is 13.9 Å². The molecular weight excluding hydrogens is 412 g/mol. The van der Waals surface area contributed by atoms with Gasteiger partial charge >= 0.3 is 11.3 Å². The topological polar surface area (TPSA) is 171 Å². The van der Waals surface area contributed by atoms with Gasteiger partial charge in [-0.1, -0.05) is 0 Å². The molecule has 10 nitrogen and oxygen atoms in total. The Morgan fingerprint density at radius 1 is 0.839 bits per heavy atom. The van der Waals surface area contributed by atoms with Gasteiger partial charge in [-0.25, -0.2) is 4.42 Å². The number of phenolic OH excluding ortho intramolecular Hbond substituents is 4. The average molecular weight is 433 g/mol. The molecule has 7 N–H and O–H groups in total. The fourth-order valence-corrected chi connectivity index (χ4v) is 3.37. The number of ether oxygens (including phenoxy) is 2. The first-order valence-corrected chi connectivity index (χ1v) is 9.37. The molecule has 0 amide bonds. The van der Waals surface area contributed by atoms with Crippen LogP contribution in [0.1, 0.15) is 6.92 Å². The van der Waals surface area contributed by atoms with Crippen LogP contribution in [-0.2, 0) is 4.74 Å².